The van der Waals surface area contributed by atoms with Crippen molar-refractivity contribution in [3.05, 3.63) is 29.8 Å². The highest BCUT2D eigenvalue weighted by Crippen LogP contribution is 2.62. The molecule has 0 bridgehead atoms. The molecule has 1 atom stereocenters. The van der Waals surface area contributed by atoms with E-state index in [1.165, 1.54) is 12.1 Å². The lowest BCUT2D eigenvalue weighted by Gasteiger charge is -2.20. The average Bonchev–Trinajstić information content (AvgIpc) is 2.65. The Labute approximate surface area is 97.6 Å². The van der Waals surface area contributed by atoms with E-state index >= 15 is 0 Å². The van der Waals surface area contributed by atoms with Gasteiger partial charge in [0.1, 0.15) is 5.75 Å². The van der Waals surface area contributed by atoms with Crippen LogP contribution in [0.15, 0.2) is 24.3 Å². The van der Waals surface area contributed by atoms with E-state index in [9.17, 15) is 13.2 Å². The summed E-state index contributed by atoms with van der Waals surface area (Å²) >= 11 is 0. The van der Waals surface area contributed by atoms with E-state index in [0.717, 1.165) is 0 Å². The van der Waals surface area contributed by atoms with Crippen LogP contribution in [-0.2, 0) is 5.54 Å². The summed E-state index contributed by atoms with van der Waals surface area (Å²) in [7, 11) is 0. The molecule has 0 amide bonds. The van der Waals surface area contributed by atoms with Crippen molar-refractivity contribution in [2.75, 3.05) is 0 Å². The number of nitrogens with two attached hydrogens (primary N) is 1. The van der Waals surface area contributed by atoms with Crippen LogP contribution >= 0.6 is 0 Å². The third kappa shape index (κ3) is 2.11. The first-order chi connectivity index (χ1) is 7.66. The molecule has 1 aromatic rings. The number of ether oxygens (including phenoxy) is 1. The van der Waals surface area contributed by atoms with Gasteiger partial charge in [0.2, 0.25) is 0 Å². The maximum Gasteiger partial charge on any atom is 0.573 e. The zero-order valence-corrected chi connectivity index (χ0v) is 9.64. The molecule has 1 aliphatic carbocycles. The van der Waals surface area contributed by atoms with Crippen LogP contribution < -0.4 is 10.5 Å². The molecule has 17 heavy (non-hydrogen) atoms. The minimum absolute atomic E-state index is 0.196. The lowest BCUT2D eigenvalue weighted by molar-refractivity contribution is -0.275. The molecule has 0 heterocycles. The standard InChI is InChI=1S/C12H14F3NO/c1-10(2)7-11(10,16)8-5-3-4-6-9(8)17-12(13,14)15/h3-6H,7,16H2,1-2H3. The normalized spacial score (nSPS) is 26.7. The summed E-state index contributed by atoms with van der Waals surface area (Å²) in [5.41, 5.74) is 5.61. The number of alkyl halides is 3. The highest BCUT2D eigenvalue weighted by molar-refractivity contribution is 5.45. The van der Waals surface area contributed by atoms with Crippen molar-refractivity contribution >= 4 is 0 Å². The Morgan fingerprint density at radius 3 is 2.24 bits per heavy atom. The van der Waals surface area contributed by atoms with E-state index in [1.807, 2.05) is 13.8 Å². The molecule has 1 aromatic carbocycles. The molecular formula is C12H14F3NO. The van der Waals surface area contributed by atoms with E-state index in [2.05, 4.69) is 4.74 Å². The SMILES string of the molecule is CC1(C)CC1(N)c1ccccc1OC(F)(F)F. The van der Waals surface area contributed by atoms with Gasteiger partial charge in [0.25, 0.3) is 0 Å². The van der Waals surface area contributed by atoms with Gasteiger partial charge < -0.3 is 10.5 Å². The Kier molecular flexibility index (Phi) is 2.43. The predicted octanol–water partition coefficient (Wildman–Crippen LogP) is 3.17. The van der Waals surface area contributed by atoms with Crippen molar-refractivity contribution < 1.29 is 17.9 Å². The zero-order valence-electron chi connectivity index (χ0n) is 9.64. The molecule has 1 unspecified atom stereocenters. The lowest BCUT2D eigenvalue weighted by Crippen LogP contribution is -2.28. The van der Waals surface area contributed by atoms with Crippen LogP contribution in [-0.4, -0.2) is 6.36 Å². The molecule has 0 aromatic heterocycles. The summed E-state index contributed by atoms with van der Waals surface area (Å²) in [5.74, 6) is -0.201. The molecule has 1 aliphatic rings. The summed E-state index contributed by atoms with van der Waals surface area (Å²) in [5, 5.41) is 0. The summed E-state index contributed by atoms with van der Waals surface area (Å²) in [6, 6.07) is 6.06. The van der Waals surface area contributed by atoms with E-state index in [-0.39, 0.29) is 11.2 Å². The first-order valence-electron chi connectivity index (χ1n) is 5.30. The molecule has 0 aliphatic heterocycles. The molecule has 0 radical (unpaired) electrons. The van der Waals surface area contributed by atoms with Crippen molar-refractivity contribution in [3.8, 4) is 5.75 Å². The van der Waals surface area contributed by atoms with Gasteiger partial charge in [0.15, 0.2) is 0 Å². The molecule has 0 spiro atoms. The third-order valence-electron chi connectivity index (χ3n) is 3.40. The van der Waals surface area contributed by atoms with Crippen molar-refractivity contribution in [3.63, 3.8) is 0 Å². The van der Waals surface area contributed by atoms with E-state index < -0.39 is 11.9 Å². The molecule has 94 valence electrons. The highest BCUT2D eigenvalue weighted by atomic mass is 19.4. The van der Waals surface area contributed by atoms with Crippen LogP contribution in [0.3, 0.4) is 0 Å². The number of rotatable bonds is 2. The second kappa shape index (κ2) is 3.38. The van der Waals surface area contributed by atoms with Crippen LogP contribution in [0, 0.1) is 5.41 Å². The quantitative estimate of drug-likeness (QED) is 0.868. The van der Waals surface area contributed by atoms with Crippen LogP contribution in [0.4, 0.5) is 13.2 Å². The van der Waals surface area contributed by atoms with Crippen LogP contribution in [0.2, 0.25) is 0 Å². The fourth-order valence-electron chi connectivity index (χ4n) is 2.16. The molecule has 2 nitrogen and oxygen atoms in total. The Morgan fingerprint density at radius 1 is 1.24 bits per heavy atom. The van der Waals surface area contributed by atoms with E-state index in [1.54, 1.807) is 12.1 Å². The third-order valence-corrected chi connectivity index (χ3v) is 3.40. The molecular weight excluding hydrogens is 231 g/mol. The molecule has 2 rings (SSSR count). The van der Waals surface area contributed by atoms with Gasteiger partial charge in [0.05, 0.1) is 5.54 Å². The van der Waals surface area contributed by atoms with Gasteiger partial charge in [-0.15, -0.1) is 13.2 Å². The Balaban J connectivity index is 2.36. The first-order valence-corrected chi connectivity index (χ1v) is 5.30. The van der Waals surface area contributed by atoms with Crippen molar-refractivity contribution in [2.45, 2.75) is 32.2 Å². The van der Waals surface area contributed by atoms with Gasteiger partial charge in [-0.3, -0.25) is 0 Å². The maximum atomic E-state index is 12.3. The first kappa shape index (κ1) is 12.2. The average molecular weight is 245 g/mol. The molecule has 0 saturated heterocycles. The molecule has 1 saturated carbocycles. The number of hydrogen-bond acceptors (Lipinski definition) is 2. The van der Waals surface area contributed by atoms with Gasteiger partial charge in [-0.2, -0.15) is 0 Å². The second-order valence-electron chi connectivity index (χ2n) is 5.08. The number of halogens is 3. The fraction of sp³-hybridized carbons (Fsp3) is 0.500. The molecule has 2 N–H and O–H groups in total. The Bertz CT molecular complexity index is 442. The minimum Gasteiger partial charge on any atom is -0.405 e. The van der Waals surface area contributed by atoms with Crippen LogP contribution in [0.5, 0.6) is 5.75 Å². The van der Waals surface area contributed by atoms with E-state index in [0.29, 0.717) is 12.0 Å². The topological polar surface area (TPSA) is 35.2 Å². The number of hydrogen-bond donors (Lipinski definition) is 1. The largest absolute Gasteiger partial charge is 0.573 e. The predicted molar refractivity (Wildman–Crippen MR) is 57.4 cm³/mol. The van der Waals surface area contributed by atoms with Gasteiger partial charge in [-0.25, -0.2) is 0 Å². The van der Waals surface area contributed by atoms with Gasteiger partial charge >= 0.3 is 6.36 Å². The molecule has 5 heteroatoms. The highest BCUT2D eigenvalue weighted by Gasteiger charge is 2.60. The smallest absolute Gasteiger partial charge is 0.405 e. The minimum atomic E-state index is -4.69. The van der Waals surface area contributed by atoms with Gasteiger partial charge in [0, 0.05) is 5.56 Å². The Morgan fingerprint density at radius 2 is 1.76 bits per heavy atom. The summed E-state index contributed by atoms with van der Waals surface area (Å²) in [6.07, 6.45) is -4.04. The van der Waals surface area contributed by atoms with Gasteiger partial charge in [-0.1, -0.05) is 32.0 Å². The summed E-state index contributed by atoms with van der Waals surface area (Å²) in [6.45, 7) is 3.86. The Hall–Kier alpha value is -1.23. The number of benzene rings is 1. The van der Waals surface area contributed by atoms with Gasteiger partial charge in [-0.05, 0) is 17.9 Å². The fourth-order valence-corrected chi connectivity index (χ4v) is 2.16. The maximum absolute atomic E-state index is 12.3. The van der Waals surface area contributed by atoms with Crippen molar-refractivity contribution in [1.29, 1.82) is 0 Å². The lowest BCUT2D eigenvalue weighted by atomic mass is 9.96. The van der Waals surface area contributed by atoms with Crippen LogP contribution in [0.1, 0.15) is 25.8 Å². The van der Waals surface area contributed by atoms with Crippen molar-refractivity contribution in [1.82, 2.24) is 0 Å². The molecule has 1 fully saturated rings. The van der Waals surface area contributed by atoms with E-state index in [4.69, 9.17) is 5.73 Å². The summed E-state index contributed by atoms with van der Waals surface area (Å²) < 4.78 is 40.8. The zero-order chi connectivity index (χ0) is 12.9. The summed E-state index contributed by atoms with van der Waals surface area (Å²) in [4.78, 5) is 0. The number of para-hydroxylation sites is 1. The second-order valence-corrected chi connectivity index (χ2v) is 5.08. The van der Waals surface area contributed by atoms with Crippen molar-refractivity contribution in [2.24, 2.45) is 11.1 Å². The van der Waals surface area contributed by atoms with Crippen LogP contribution in [0.25, 0.3) is 0 Å². The monoisotopic (exact) mass is 245 g/mol.